The van der Waals surface area contributed by atoms with Crippen molar-refractivity contribution in [1.29, 1.82) is 0 Å². The van der Waals surface area contributed by atoms with Gasteiger partial charge in [0, 0.05) is 24.1 Å². The van der Waals surface area contributed by atoms with Gasteiger partial charge in [0.05, 0.1) is 0 Å². The molecule has 0 bridgehead atoms. The molecule has 0 unspecified atom stereocenters. The second-order valence-corrected chi connectivity index (χ2v) is 6.31. The van der Waals surface area contributed by atoms with Gasteiger partial charge in [0.1, 0.15) is 23.5 Å². The zero-order valence-corrected chi connectivity index (χ0v) is 14.3. The van der Waals surface area contributed by atoms with E-state index in [1.54, 1.807) is 32.9 Å². The molecule has 0 saturated carbocycles. The van der Waals surface area contributed by atoms with E-state index in [0.29, 0.717) is 24.5 Å². The summed E-state index contributed by atoms with van der Waals surface area (Å²) in [5.41, 5.74) is 5.54. The van der Waals surface area contributed by atoms with Crippen LogP contribution in [0.5, 0.6) is 5.75 Å². The van der Waals surface area contributed by atoms with Crippen LogP contribution >= 0.6 is 0 Å². The molecule has 1 heterocycles. The molecular formula is C17H22N2O5. The Bertz CT molecular complexity index is 777. The third kappa shape index (κ3) is 5.27. The number of carbonyl (C=O) groups is 1. The van der Waals surface area contributed by atoms with Crippen LogP contribution in [0.4, 0.5) is 4.79 Å². The summed E-state index contributed by atoms with van der Waals surface area (Å²) in [6.07, 6.45) is -0.551. The molecule has 1 aromatic heterocycles. The number of hydrogen-bond donors (Lipinski definition) is 2. The van der Waals surface area contributed by atoms with Crippen molar-refractivity contribution in [3.63, 3.8) is 0 Å². The number of rotatable bonds is 5. The van der Waals surface area contributed by atoms with E-state index in [4.69, 9.17) is 13.9 Å². The lowest BCUT2D eigenvalue weighted by molar-refractivity contribution is 0.0496. The summed E-state index contributed by atoms with van der Waals surface area (Å²) in [6, 6.07) is 6.77. The van der Waals surface area contributed by atoms with Gasteiger partial charge in [-0.2, -0.15) is 0 Å². The molecule has 0 saturated heterocycles. The largest absolute Gasteiger partial charge is 0.492 e. The Balaban J connectivity index is 1.82. The molecule has 0 spiro atoms. The van der Waals surface area contributed by atoms with Gasteiger partial charge in [0.15, 0.2) is 0 Å². The average molecular weight is 334 g/mol. The van der Waals surface area contributed by atoms with Crippen LogP contribution in [0.15, 0.2) is 33.5 Å². The standard InChI is InChI=1S/C17H22N2O5/c1-11-9-15(20)23-14-10-12(5-6-13(11)14)22-8-7-18-19-16(21)24-17(2,3)4/h5-6,9-10,18H,7-8H2,1-4H3,(H,19,21). The Morgan fingerprint density at radius 1 is 1.25 bits per heavy atom. The first-order valence-electron chi connectivity index (χ1n) is 7.64. The number of ether oxygens (including phenoxy) is 2. The molecule has 7 nitrogen and oxygen atoms in total. The number of hydrogen-bond acceptors (Lipinski definition) is 6. The minimum absolute atomic E-state index is 0.317. The lowest BCUT2D eigenvalue weighted by atomic mass is 10.1. The van der Waals surface area contributed by atoms with E-state index in [2.05, 4.69) is 10.9 Å². The smallest absolute Gasteiger partial charge is 0.422 e. The summed E-state index contributed by atoms with van der Waals surface area (Å²) in [4.78, 5) is 22.8. The van der Waals surface area contributed by atoms with Crippen molar-refractivity contribution >= 4 is 17.1 Å². The monoisotopic (exact) mass is 334 g/mol. The quantitative estimate of drug-likeness (QED) is 0.496. The number of benzene rings is 1. The van der Waals surface area contributed by atoms with Crippen molar-refractivity contribution < 1.29 is 18.7 Å². The Hall–Kier alpha value is -2.54. The van der Waals surface area contributed by atoms with Crippen LogP contribution in [-0.2, 0) is 4.74 Å². The molecule has 24 heavy (non-hydrogen) atoms. The topological polar surface area (TPSA) is 89.8 Å². The maximum atomic E-state index is 11.4. The Morgan fingerprint density at radius 2 is 2.00 bits per heavy atom. The number of aryl methyl sites for hydroxylation is 1. The van der Waals surface area contributed by atoms with Crippen molar-refractivity contribution in [2.75, 3.05) is 13.2 Å². The highest BCUT2D eigenvalue weighted by Crippen LogP contribution is 2.22. The van der Waals surface area contributed by atoms with Crippen LogP contribution in [0.1, 0.15) is 26.3 Å². The lowest BCUT2D eigenvalue weighted by Gasteiger charge is -2.19. The van der Waals surface area contributed by atoms with Crippen LogP contribution in [-0.4, -0.2) is 24.8 Å². The van der Waals surface area contributed by atoms with Gasteiger partial charge >= 0.3 is 11.7 Å². The highest BCUT2D eigenvalue weighted by Gasteiger charge is 2.15. The molecule has 0 radical (unpaired) electrons. The molecule has 1 amide bonds. The second-order valence-electron chi connectivity index (χ2n) is 6.31. The predicted molar refractivity (Wildman–Crippen MR) is 90.1 cm³/mol. The molecule has 7 heteroatoms. The zero-order valence-electron chi connectivity index (χ0n) is 14.3. The molecule has 130 valence electrons. The van der Waals surface area contributed by atoms with E-state index in [1.165, 1.54) is 6.07 Å². The van der Waals surface area contributed by atoms with Crippen molar-refractivity contribution in [2.24, 2.45) is 0 Å². The van der Waals surface area contributed by atoms with Gasteiger partial charge in [0.2, 0.25) is 0 Å². The Labute approximate surface area is 139 Å². The van der Waals surface area contributed by atoms with Gasteiger partial charge in [-0.25, -0.2) is 15.0 Å². The molecule has 2 aromatic rings. The minimum Gasteiger partial charge on any atom is -0.492 e. The molecule has 2 rings (SSSR count). The van der Waals surface area contributed by atoms with Crippen molar-refractivity contribution in [1.82, 2.24) is 10.9 Å². The highest BCUT2D eigenvalue weighted by atomic mass is 16.6. The minimum atomic E-state index is -0.551. The van der Waals surface area contributed by atoms with E-state index in [9.17, 15) is 9.59 Å². The zero-order chi connectivity index (χ0) is 17.7. The van der Waals surface area contributed by atoms with Crippen LogP contribution in [0.3, 0.4) is 0 Å². The molecule has 1 aromatic carbocycles. The van der Waals surface area contributed by atoms with Gasteiger partial charge in [-0.15, -0.1) is 0 Å². The van der Waals surface area contributed by atoms with Gasteiger partial charge in [-0.3, -0.25) is 5.43 Å². The summed E-state index contributed by atoms with van der Waals surface area (Å²) >= 11 is 0. The molecular weight excluding hydrogens is 312 g/mol. The number of carbonyl (C=O) groups excluding carboxylic acids is 1. The predicted octanol–water partition coefficient (Wildman–Crippen LogP) is 2.51. The molecule has 0 aliphatic carbocycles. The first kappa shape index (κ1) is 17.8. The molecule has 0 atom stereocenters. The van der Waals surface area contributed by atoms with Gasteiger partial charge in [0.25, 0.3) is 0 Å². The highest BCUT2D eigenvalue weighted by molar-refractivity contribution is 5.81. The number of hydrazine groups is 1. The third-order valence-electron chi connectivity index (χ3n) is 3.01. The fourth-order valence-electron chi connectivity index (χ4n) is 2.05. The maximum Gasteiger partial charge on any atom is 0.422 e. The number of nitrogens with one attached hydrogen (secondary N) is 2. The van der Waals surface area contributed by atoms with E-state index < -0.39 is 11.7 Å². The summed E-state index contributed by atoms with van der Waals surface area (Å²) in [6.45, 7) is 7.92. The lowest BCUT2D eigenvalue weighted by Crippen LogP contribution is -2.42. The normalized spacial score (nSPS) is 11.3. The molecule has 0 fully saturated rings. The third-order valence-corrected chi connectivity index (χ3v) is 3.01. The van der Waals surface area contributed by atoms with Gasteiger partial charge in [-0.05, 0) is 45.4 Å². The number of amides is 1. The first-order chi connectivity index (χ1) is 11.2. The van der Waals surface area contributed by atoms with Crippen LogP contribution in [0.25, 0.3) is 11.0 Å². The van der Waals surface area contributed by atoms with Gasteiger partial charge < -0.3 is 13.9 Å². The number of fused-ring (bicyclic) bond motifs is 1. The Morgan fingerprint density at radius 3 is 2.71 bits per heavy atom. The Kier molecular flexibility index (Phi) is 5.46. The van der Waals surface area contributed by atoms with E-state index >= 15 is 0 Å². The van der Waals surface area contributed by atoms with E-state index in [1.807, 2.05) is 13.0 Å². The second kappa shape index (κ2) is 7.35. The van der Waals surface area contributed by atoms with Crippen molar-refractivity contribution in [3.05, 3.63) is 40.2 Å². The van der Waals surface area contributed by atoms with Crippen LogP contribution in [0, 0.1) is 6.92 Å². The van der Waals surface area contributed by atoms with E-state index in [0.717, 1.165) is 10.9 Å². The fourth-order valence-corrected chi connectivity index (χ4v) is 2.05. The summed E-state index contributed by atoms with van der Waals surface area (Å²) in [5.74, 6) is 0.579. The first-order valence-corrected chi connectivity index (χ1v) is 7.64. The molecule has 2 N–H and O–H groups in total. The summed E-state index contributed by atoms with van der Waals surface area (Å²) in [5, 5.41) is 0.867. The molecule has 0 aliphatic heterocycles. The van der Waals surface area contributed by atoms with Crippen molar-refractivity contribution in [3.8, 4) is 5.75 Å². The van der Waals surface area contributed by atoms with Crippen molar-refractivity contribution in [2.45, 2.75) is 33.3 Å². The fraction of sp³-hybridized carbons (Fsp3) is 0.412. The average Bonchev–Trinajstić information content (AvgIpc) is 2.44. The summed E-state index contributed by atoms with van der Waals surface area (Å²) < 4.78 is 15.8. The summed E-state index contributed by atoms with van der Waals surface area (Å²) in [7, 11) is 0. The van der Waals surface area contributed by atoms with Gasteiger partial charge in [-0.1, -0.05) is 0 Å². The van der Waals surface area contributed by atoms with E-state index in [-0.39, 0.29) is 5.63 Å². The maximum absolute atomic E-state index is 11.4. The SMILES string of the molecule is Cc1cc(=O)oc2cc(OCCNNC(=O)OC(C)(C)C)ccc12. The van der Waals surface area contributed by atoms with Crippen LogP contribution < -0.4 is 21.2 Å². The molecule has 0 aliphatic rings. The van der Waals surface area contributed by atoms with Crippen LogP contribution in [0.2, 0.25) is 0 Å².